The molecule has 37 heavy (non-hydrogen) atoms. The van der Waals surface area contributed by atoms with E-state index >= 15 is 0 Å². The molecule has 1 aromatic rings. The molecule has 0 bridgehead atoms. The highest BCUT2D eigenvalue weighted by molar-refractivity contribution is 5.80. The summed E-state index contributed by atoms with van der Waals surface area (Å²) in [6.45, 7) is 13.3. The number of carbonyl (C=O) groups excluding carboxylic acids is 1. The molecule has 3 aliphatic rings. The molecule has 206 valence electrons. The van der Waals surface area contributed by atoms with E-state index in [9.17, 15) is 4.79 Å². The van der Waals surface area contributed by atoms with Gasteiger partial charge < -0.3 is 28.4 Å². The molecule has 6 atom stereocenters. The molecule has 0 N–H and O–H groups in total. The lowest BCUT2D eigenvalue weighted by Gasteiger charge is -2.46. The number of hydrogen-bond acceptors (Lipinski definition) is 7. The first-order valence-electron chi connectivity index (χ1n) is 13.5. The van der Waals surface area contributed by atoms with Crippen LogP contribution in [0.4, 0.5) is 0 Å². The van der Waals surface area contributed by atoms with Crippen LogP contribution in [0.2, 0.25) is 0 Å². The Balaban J connectivity index is 1.34. The van der Waals surface area contributed by atoms with Gasteiger partial charge in [0.05, 0.1) is 32.5 Å². The fourth-order valence-corrected chi connectivity index (χ4v) is 5.36. The average Bonchev–Trinajstić information content (AvgIpc) is 3.13. The highest BCUT2D eigenvalue weighted by Crippen LogP contribution is 2.43. The Hall–Kier alpha value is -1.93. The minimum atomic E-state index is -1.02. The van der Waals surface area contributed by atoms with Gasteiger partial charge in [-0.1, -0.05) is 45.4 Å². The third-order valence-corrected chi connectivity index (χ3v) is 7.54. The zero-order valence-corrected chi connectivity index (χ0v) is 23.5. The second-order valence-corrected chi connectivity index (χ2v) is 12.3. The van der Waals surface area contributed by atoms with Crippen LogP contribution in [0.15, 0.2) is 35.9 Å². The summed E-state index contributed by atoms with van der Waals surface area (Å²) in [4.78, 5) is 12.8. The summed E-state index contributed by atoms with van der Waals surface area (Å²) >= 11 is 0. The van der Waals surface area contributed by atoms with Gasteiger partial charge in [-0.3, -0.25) is 0 Å². The van der Waals surface area contributed by atoms with Gasteiger partial charge in [-0.05, 0) is 56.9 Å². The van der Waals surface area contributed by atoms with Crippen molar-refractivity contribution in [2.75, 3.05) is 13.7 Å². The van der Waals surface area contributed by atoms with Gasteiger partial charge in [0.1, 0.15) is 5.75 Å². The Bertz CT molecular complexity index is 965. The second-order valence-electron chi connectivity index (χ2n) is 12.3. The van der Waals surface area contributed by atoms with Gasteiger partial charge in [-0.15, -0.1) is 0 Å². The highest BCUT2D eigenvalue weighted by Gasteiger charge is 2.53. The molecule has 7 nitrogen and oxygen atoms in total. The van der Waals surface area contributed by atoms with Crippen LogP contribution in [0.5, 0.6) is 5.75 Å². The maximum absolute atomic E-state index is 12.8. The fraction of sp³-hybridized carbons (Fsp3) is 0.700. The Morgan fingerprint density at radius 1 is 1.14 bits per heavy atom. The molecule has 3 aliphatic heterocycles. The molecule has 0 aliphatic carbocycles. The van der Waals surface area contributed by atoms with Crippen LogP contribution in [0.25, 0.3) is 0 Å². The van der Waals surface area contributed by atoms with Crippen LogP contribution in [-0.4, -0.2) is 49.6 Å². The normalized spacial score (nSPS) is 33.2. The predicted molar refractivity (Wildman–Crippen MR) is 140 cm³/mol. The molecule has 0 unspecified atom stereocenters. The molecule has 0 saturated carbocycles. The summed E-state index contributed by atoms with van der Waals surface area (Å²) in [5.74, 6) is -0.0542. The molecule has 0 radical (unpaired) electrons. The number of carbonyl (C=O) groups is 1. The van der Waals surface area contributed by atoms with Crippen LogP contribution in [0.3, 0.4) is 0 Å². The van der Waals surface area contributed by atoms with Gasteiger partial charge in [0.25, 0.3) is 0 Å². The van der Waals surface area contributed by atoms with Gasteiger partial charge in [0.15, 0.2) is 11.4 Å². The molecule has 7 heteroatoms. The number of hydrogen-bond donors (Lipinski definition) is 0. The summed E-state index contributed by atoms with van der Waals surface area (Å²) < 4.78 is 36.3. The molecule has 3 heterocycles. The number of rotatable bonds is 8. The third-order valence-electron chi connectivity index (χ3n) is 7.54. The minimum Gasteiger partial charge on any atom is -0.497 e. The summed E-state index contributed by atoms with van der Waals surface area (Å²) in [6.07, 6.45) is 5.32. The number of benzene rings is 1. The fourth-order valence-electron chi connectivity index (χ4n) is 5.36. The quantitative estimate of drug-likeness (QED) is 0.313. The predicted octanol–water partition coefficient (Wildman–Crippen LogP) is 5.94. The molecule has 1 aromatic carbocycles. The molecule has 0 amide bonds. The highest BCUT2D eigenvalue weighted by atomic mass is 16.8. The average molecular weight is 517 g/mol. The summed E-state index contributed by atoms with van der Waals surface area (Å²) in [5, 5.41) is 0. The second kappa shape index (κ2) is 11.0. The van der Waals surface area contributed by atoms with Crippen LogP contribution >= 0.6 is 0 Å². The van der Waals surface area contributed by atoms with E-state index in [0.29, 0.717) is 19.6 Å². The van der Waals surface area contributed by atoms with E-state index in [2.05, 4.69) is 19.9 Å². The number of methoxy groups -OCH3 is 1. The van der Waals surface area contributed by atoms with Crippen LogP contribution in [0.1, 0.15) is 79.2 Å². The monoisotopic (exact) mass is 516 g/mol. The van der Waals surface area contributed by atoms with Crippen LogP contribution in [-0.2, 0) is 35.1 Å². The van der Waals surface area contributed by atoms with Crippen molar-refractivity contribution in [1.82, 2.24) is 0 Å². The van der Waals surface area contributed by atoms with E-state index in [0.717, 1.165) is 37.0 Å². The van der Waals surface area contributed by atoms with E-state index in [4.69, 9.17) is 28.4 Å². The van der Waals surface area contributed by atoms with Crippen molar-refractivity contribution in [2.45, 2.75) is 110 Å². The maximum Gasteiger partial charge on any atom is 0.340 e. The van der Waals surface area contributed by atoms with Gasteiger partial charge in [0, 0.05) is 24.2 Å². The first-order chi connectivity index (χ1) is 17.4. The van der Waals surface area contributed by atoms with Crippen LogP contribution < -0.4 is 4.74 Å². The van der Waals surface area contributed by atoms with Gasteiger partial charge in [-0.25, -0.2) is 4.79 Å². The van der Waals surface area contributed by atoms with Crippen LogP contribution in [0, 0.1) is 11.3 Å². The Kier molecular flexibility index (Phi) is 8.39. The Morgan fingerprint density at radius 3 is 2.51 bits per heavy atom. The van der Waals surface area contributed by atoms with Gasteiger partial charge in [0.2, 0.25) is 6.29 Å². The van der Waals surface area contributed by atoms with Crippen molar-refractivity contribution in [2.24, 2.45) is 11.3 Å². The maximum atomic E-state index is 12.8. The molecular weight excluding hydrogens is 472 g/mol. The smallest absolute Gasteiger partial charge is 0.340 e. The van der Waals surface area contributed by atoms with Crippen molar-refractivity contribution in [3.05, 3.63) is 41.5 Å². The number of cyclic esters (lactones) is 1. The minimum absolute atomic E-state index is 0.00632. The van der Waals surface area contributed by atoms with Gasteiger partial charge in [-0.2, -0.15) is 0 Å². The van der Waals surface area contributed by atoms with E-state index in [1.54, 1.807) is 7.11 Å². The SMILES string of the molecule is COc1ccc(COC[C@@H](C)[C@@H]2CC(C)=C[C@]3(CCC[C@@H](C[C@@]4(C)O[C@H](C(C)(C)C)OC4=O)O3)O2)cc1. The van der Waals surface area contributed by atoms with Crippen molar-refractivity contribution >= 4 is 5.97 Å². The summed E-state index contributed by atoms with van der Waals surface area (Å²) in [5.41, 5.74) is 1.07. The summed E-state index contributed by atoms with van der Waals surface area (Å²) in [6, 6.07) is 7.93. The molecule has 0 aromatic heterocycles. The Labute approximate surface area is 221 Å². The number of ether oxygens (including phenoxy) is 6. The molecule has 2 saturated heterocycles. The van der Waals surface area contributed by atoms with E-state index in [1.165, 1.54) is 5.57 Å². The lowest BCUT2D eigenvalue weighted by molar-refractivity contribution is -0.287. The lowest BCUT2D eigenvalue weighted by Crippen LogP contribution is -2.50. The molecule has 4 rings (SSSR count). The molecule has 1 spiro atoms. The van der Waals surface area contributed by atoms with Gasteiger partial charge >= 0.3 is 5.97 Å². The zero-order chi connectivity index (χ0) is 26.8. The van der Waals surface area contributed by atoms with Crippen molar-refractivity contribution < 1.29 is 33.2 Å². The third kappa shape index (κ3) is 6.75. The van der Waals surface area contributed by atoms with E-state index < -0.39 is 17.7 Å². The topological polar surface area (TPSA) is 72.5 Å². The van der Waals surface area contributed by atoms with Crippen molar-refractivity contribution in [3.63, 3.8) is 0 Å². The molecular formula is C30H44O7. The lowest BCUT2D eigenvalue weighted by atomic mass is 9.88. The standard InChI is InChI=1S/C30H44O7/c1-20-15-25(21(2)18-33-19-22-10-12-23(32-7)13-11-22)36-30(16-20)14-8-9-24(35-30)17-29(6)26(31)34-27(37-29)28(3,4)5/h10-13,16,21,24-25,27H,8-9,14-15,17-19H2,1-7H3/t21-,24+,25+,27-,29-,30+/m1/s1. The zero-order valence-electron chi connectivity index (χ0n) is 23.5. The Morgan fingerprint density at radius 2 is 1.86 bits per heavy atom. The van der Waals surface area contributed by atoms with E-state index in [1.807, 2.05) is 52.0 Å². The largest absolute Gasteiger partial charge is 0.497 e. The first kappa shape index (κ1) is 28.1. The number of esters is 1. The first-order valence-corrected chi connectivity index (χ1v) is 13.5. The van der Waals surface area contributed by atoms with Crippen molar-refractivity contribution in [3.8, 4) is 5.75 Å². The summed E-state index contributed by atoms with van der Waals surface area (Å²) in [7, 11) is 1.66. The van der Waals surface area contributed by atoms with Crippen molar-refractivity contribution in [1.29, 1.82) is 0 Å². The molecule has 2 fully saturated rings. The van der Waals surface area contributed by atoms with E-state index in [-0.39, 0.29) is 29.5 Å².